The number of likely N-dealkylation sites (N-methyl/N-ethyl adjacent to an activating group) is 1. The molecule has 0 atom stereocenters. The molecule has 1 aromatic heterocycles. The number of aliphatic imine (C=N–C) groups is 1. The Morgan fingerprint density at radius 2 is 1.92 bits per heavy atom. The van der Waals surface area contributed by atoms with Gasteiger partial charge in [0.05, 0.1) is 5.69 Å². The van der Waals surface area contributed by atoms with Crippen LogP contribution in [0, 0.1) is 0 Å². The molecule has 1 heterocycles. The average molecular weight is 357 g/mol. The number of guanidine groups is 1. The summed E-state index contributed by atoms with van der Waals surface area (Å²) in [7, 11) is 7.97. The lowest BCUT2D eigenvalue weighted by Gasteiger charge is -2.24. The number of aromatic nitrogens is 2. The largest absolute Gasteiger partial charge is 0.373 e. The van der Waals surface area contributed by atoms with Gasteiger partial charge < -0.3 is 15.1 Å². The van der Waals surface area contributed by atoms with Gasteiger partial charge in [-0.05, 0) is 18.1 Å². The zero-order chi connectivity index (χ0) is 19.1. The molecule has 2 rings (SSSR count). The lowest BCUT2D eigenvalue weighted by molar-refractivity contribution is 0.474. The molecule has 6 nitrogen and oxygen atoms in total. The summed E-state index contributed by atoms with van der Waals surface area (Å²) in [5.74, 6) is 1.30. The molecule has 0 amide bonds. The first-order chi connectivity index (χ1) is 12.4. The lowest BCUT2D eigenvalue weighted by Crippen LogP contribution is -2.41. The van der Waals surface area contributed by atoms with E-state index in [0.29, 0.717) is 5.92 Å². The van der Waals surface area contributed by atoms with Crippen LogP contribution in [0.3, 0.4) is 0 Å². The van der Waals surface area contributed by atoms with Crippen molar-refractivity contribution in [2.45, 2.75) is 26.3 Å². The van der Waals surface area contributed by atoms with E-state index in [1.807, 2.05) is 24.8 Å². The molecule has 1 N–H and O–H groups in total. The third-order valence-corrected chi connectivity index (χ3v) is 4.39. The SMILES string of the molecule is CN=C(NCCN(C)c1ccccc1)N(C)Cc1cn(C)nc1C(C)C. The van der Waals surface area contributed by atoms with Crippen molar-refractivity contribution in [3.8, 4) is 0 Å². The number of nitrogens with zero attached hydrogens (tertiary/aromatic N) is 5. The van der Waals surface area contributed by atoms with Crippen molar-refractivity contribution in [3.63, 3.8) is 0 Å². The molecular formula is C20H32N6. The van der Waals surface area contributed by atoms with Gasteiger partial charge in [-0.1, -0.05) is 32.0 Å². The number of hydrogen-bond acceptors (Lipinski definition) is 3. The molecule has 0 saturated carbocycles. The summed E-state index contributed by atoms with van der Waals surface area (Å²) in [6.45, 7) is 6.87. The van der Waals surface area contributed by atoms with E-state index in [1.165, 1.54) is 11.3 Å². The Morgan fingerprint density at radius 1 is 1.23 bits per heavy atom. The summed E-state index contributed by atoms with van der Waals surface area (Å²) in [5.41, 5.74) is 3.61. The Bertz CT molecular complexity index is 704. The van der Waals surface area contributed by atoms with Crippen LogP contribution in [-0.2, 0) is 13.6 Å². The number of rotatable bonds is 7. The van der Waals surface area contributed by atoms with Gasteiger partial charge in [-0.2, -0.15) is 5.10 Å². The van der Waals surface area contributed by atoms with Crippen LogP contribution in [-0.4, -0.2) is 54.9 Å². The smallest absolute Gasteiger partial charge is 0.193 e. The molecule has 0 saturated heterocycles. The fourth-order valence-corrected chi connectivity index (χ4v) is 3.02. The Hall–Kier alpha value is -2.50. The van der Waals surface area contributed by atoms with E-state index in [2.05, 4.69) is 83.6 Å². The molecular weight excluding hydrogens is 324 g/mol. The normalized spacial score (nSPS) is 11.7. The first kappa shape index (κ1) is 19.8. The number of nitrogens with one attached hydrogen (secondary N) is 1. The zero-order valence-electron chi connectivity index (χ0n) is 16.9. The summed E-state index contributed by atoms with van der Waals surface area (Å²) < 4.78 is 1.89. The van der Waals surface area contributed by atoms with E-state index < -0.39 is 0 Å². The topological polar surface area (TPSA) is 48.7 Å². The van der Waals surface area contributed by atoms with E-state index in [1.54, 1.807) is 0 Å². The van der Waals surface area contributed by atoms with Gasteiger partial charge in [-0.25, -0.2) is 0 Å². The number of anilines is 1. The Morgan fingerprint density at radius 3 is 2.54 bits per heavy atom. The van der Waals surface area contributed by atoms with E-state index in [9.17, 15) is 0 Å². The third-order valence-electron chi connectivity index (χ3n) is 4.39. The van der Waals surface area contributed by atoms with Gasteiger partial charge in [0.1, 0.15) is 0 Å². The highest BCUT2D eigenvalue weighted by Gasteiger charge is 2.15. The second-order valence-corrected chi connectivity index (χ2v) is 6.96. The number of aryl methyl sites for hydroxylation is 1. The average Bonchev–Trinajstić information content (AvgIpc) is 2.99. The van der Waals surface area contributed by atoms with E-state index in [-0.39, 0.29) is 0 Å². The maximum absolute atomic E-state index is 4.59. The van der Waals surface area contributed by atoms with Gasteiger partial charge in [-0.15, -0.1) is 0 Å². The Kier molecular flexibility index (Phi) is 7.06. The minimum atomic E-state index is 0.411. The molecule has 2 aromatic rings. The number of hydrogen-bond donors (Lipinski definition) is 1. The molecule has 142 valence electrons. The first-order valence-electron chi connectivity index (χ1n) is 9.12. The molecule has 6 heteroatoms. The zero-order valence-corrected chi connectivity index (χ0v) is 16.9. The Balaban J connectivity index is 1.90. The van der Waals surface area contributed by atoms with Gasteiger partial charge in [0.2, 0.25) is 0 Å². The van der Waals surface area contributed by atoms with Gasteiger partial charge in [0.25, 0.3) is 0 Å². The second-order valence-electron chi connectivity index (χ2n) is 6.96. The van der Waals surface area contributed by atoms with Crippen LogP contribution in [0.25, 0.3) is 0 Å². The van der Waals surface area contributed by atoms with Crippen LogP contribution in [0.15, 0.2) is 41.5 Å². The highest BCUT2D eigenvalue weighted by Crippen LogP contribution is 2.18. The van der Waals surface area contributed by atoms with Crippen LogP contribution >= 0.6 is 0 Å². The molecule has 0 aliphatic carbocycles. The molecule has 0 aliphatic rings. The number of para-hydroxylation sites is 1. The van der Waals surface area contributed by atoms with Crippen molar-refractivity contribution >= 4 is 11.6 Å². The molecule has 0 radical (unpaired) electrons. The highest BCUT2D eigenvalue weighted by molar-refractivity contribution is 5.79. The molecule has 0 fully saturated rings. The summed E-state index contributed by atoms with van der Waals surface area (Å²) in [4.78, 5) is 8.80. The summed E-state index contributed by atoms with van der Waals surface area (Å²) in [5, 5.41) is 8.04. The molecule has 0 unspecified atom stereocenters. The van der Waals surface area contributed by atoms with Gasteiger partial charge >= 0.3 is 0 Å². The minimum Gasteiger partial charge on any atom is -0.373 e. The highest BCUT2D eigenvalue weighted by atomic mass is 15.3. The predicted molar refractivity (Wildman–Crippen MR) is 110 cm³/mol. The van der Waals surface area contributed by atoms with E-state index in [0.717, 1.165) is 31.3 Å². The van der Waals surface area contributed by atoms with Crippen LogP contribution < -0.4 is 10.2 Å². The summed E-state index contributed by atoms with van der Waals surface area (Å²) >= 11 is 0. The van der Waals surface area contributed by atoms with Crippen molar-refractivity contribution in [1.29, 1.82) is 0 Å². The van der Waals surface area contributed by atoms with Crippen LogP contribution in [0.5, 0.6) is 0 Å². The molecule has 26 heavy (non-hydrogen) atoms. The van der Waals surface area contributed by atoms with Crippen molar-refractivity contribution in [1.82, 2.24) is 20.0 Å². The van der Waals surface area contributed by atoms with Crippen molar-refractivity contribution in [2.24, 2.45) is 12.0 Å². The maximum Gasteiger partial charge on any atom is 0.193 e. The second kappa shape index (κ2) is 9.27. The monoisotopic (exact) mass is 356 g/mol. The number of benzene rings is 1. The fraction of sp³-hybridized carbons (Fsp3) is 0.500. The summed E-state index contributed by atoms with van der Waals surface area (Å²) in [6.07, 6.45) is 2.10. The standard InChI is InChI=1S/C20H32N6/c1-16(2)19-17(15-26(6)23-19)14-25(5)20(21-3)22-12-13-24(4)18-10-8-7-9-11-18/h7-11,15-16H,12-14H2,1-6H3,(H,21,22). The first-order valence-corrected chi connectivity index (χ1v) is 9.12. The third kappa shape index (κ3) is 5.25. The van der Waals surface area contributed by atoms with Gasteiger partial charge in [0, 0.05) is 65.3 Å². The van der Waals surface area contributed by atoms with Crippen LogP contribution in [0.4, 0.5) is 5.69 Å². The predicted octanol–water partition coefficient (Wildman–Crippen LogP) is 2.69. The quantitative estimate of drug-likeness (QED) is 0.612. The minimum absolute atomic E-state index is 0.411. The molecule has 0 spiro atoms. The van der Waals surface area contributed by atoms with Gasteiger partial charge in [0.15, 0.2) is 5.96 Å². The van der Waals surface area contributed by atoms with Crippen LogP contribution in [0.1, 0.15) is 31.0 Å². The fourth-order valence-electron chi connectivity index (χ4n) is 3.02. The molecule has 0 bridgehead atoms. The maximum atomic E-state index is 4.59. The van der Waals surface area contributed by atoms with Crippen LogP contribution in [0.2, 0.25) is 0 Å². The van der Waals surface area contributed by atoms with Crippen molar-refractivity contribution < 1.29 is 0 Å². The van der Waals surface area contributed by atoms with E-state index >= 15 is 0 Å². The lowest BCUT2D eigenvalue weighted by atomic mass is 10.1. The van der Waals surface area contributed by atoms with Gasteiger partial charge in [-0.3, -0.25) is 9.67 Å². The van der Waals surface area contributed by atoms with E-state index in [4.69, 9.17) is 0 Å². The van der Waals surface area contributed by atoms with Crippen molar-refractivity contribution in [2.75, 3.05) is 39.1 Å². The summed E-state index contributed by atoms with van der Waals surface area (Å²) in [6, 6.07) is 10.4. The Labute approximate surface area is 157 Å². The molecule has 1 aromatic carbocycles. The van der Waals surface area contributed by atoms with Crippen molar-refractivity contribution in [3.05, 3.63) is 47.8 Å². The molecule has 0 aliphatic heterocycles.